The van der Waals surface area contributed by atoms with E-state index < -0.39 is 41.8 Å². The molecule has 0 unspecified atom stereocenters. The summed E-state index contributed by atoms with van der Waals surface area (Å²) in [6.07, 6.45) is 0.522. The van der Waals surface area contributed by atoms with Crippen molar-refractivity contribution < 1.29 is 33.2 Å². The van der Waals surface area contributed by atoms with Gasteiger partial charge >= 0.3 is 0 Å². The van der Waals surface area contributed by atoms with Crippen molar-refractivity contribution >= 4 is 35.2 Å². The van der Waals surface area contributed by atoms with Crippen LogP contribution in [0, 0.1) is 5.92 Å². The molecule has 0 saturated carbocycles. The summed E-state index contributed by atoms with van der Waals surface area (Å²) in [6, 6.07) is 15.1. The van der Waals surface area contributed by atoms with Crippen LogP contribution in [0.15, 0.2) is 65.2 Å². The van der Waals surface area contributed by atoms with Gasteiger partial charge in [-0.25, -0.2) is 0 Å². The third-order valence-electron chi connectivity index (χ3n) is 8.28. The lowest BCUT2D eigenvalue weighted by molar-refractivity contribution is -0.132. The molecule has 2 aromatic carbocycles. The number of rotatable bonds is 6. The van der Waals surface area contributed by atoms with Gasteiger partial charge in [0.05, 0.1) is 25.3 Å². The second-order valence-electron chi connectivity index (χ2n) is 12.7. The lowest BCUT2D eigenvalue weighted by Gasteiger charge is -2.31. The van der Waals surface area contributed by atoms with E-state index in [0.29, 0.717) is 36.8 Å². The predicted molar refractivity (Wildman–Crippen MR) is 179 cm³/mol. The highest BCUT2D eigenvalue weighted by Crippen LogP contribution is 2.31. The minimum absolute atomic E-state index is 0.0355. The summed E-state index contributed by atoms with van der Waals surface area (Å²) < 4.78 is 11.2. The van der Waals surface area contributed by atoms with Gasteiger partial charge < -0.3 is 35.4 Å². The highest BCUT2D eigenvalue weighted by molar-refractivity contribution is 5.98. The predicted octanol–water partition coefficient (Wildman–Crippen LogP) is 1.41. The maximum Gasteiger partial charge on any atom is 0.274 e. The number of hydrogen-bond acceptors (Lipinski definition) is 9. The highest BCUT2D eigenvalue weighted by atomic mass is 16.5. The standard InChI is InChI=1S/C35H43N7O7/c1-22(2)17-26-34(46)39-27(18-24-9-5-4-6-10-24)33(45)36-13-14-41(21-31(43)42-15-16-48-30-12-8-7-11-29(30)42)20-25-19-28(40-49-25)35(47)37-23(3)32(44)38-26/h4-12,19,22-23,26-27H,13-18,20-21H2,1-3H3,(H,36,45)(H,37,47)(H,38,44)(H,39,46)/t23-,26-,27-/m1/s1. The quantitative estimate of drug-likeness (QED) is 0.302. The van der Waals surface area contributed by atoms with Crippen molar-refractivity contribution in [2.24, 2.45) is 5.92 Å². The lowest BCUT2D eigenvalue weighted by Crippen LogP contribution is -2.57. The van der Waals surface area contributed by atoms with Crippen LogP contribution in [-0.2, 0) is 32.1 Å². The minimum atomic E-state index is -1.01. The van der Waals surface area contributed by atoms with Crippen molar-refractivity contribution in [1.29, 1.82) is 0 Å². The number of nitrogens with one attached hydrogen (secondary N) is 4. The maximum absolute atomic E-state index is 13.7. The summed E-state index contributed by atoms with van der Waals surface area (Å²) in [5, 5.41) is 15.0. The van der Waals surface area contributed by atoms with Gasteiger partial charge in [-0.15, -0.1) is 0 Å². The topological polar surface area (TPSA) is 175 Å². The second kappa shape index (κ2) is 16.2. The number of aromatic nitrogens is 1. The molecule has 14 heteroatoms. The van der Waals surface area contributed by atoms with E-state index in [1.165, 1.54) is 13.0 Å². The van der Waals surface area contributed by atoms with E-state index in [0.717, 1.165) is 5.56 Å². The molecule has 3 aromatic rings. The third-order valence-corrected chi connectivity index (χ3v) is 8.28. The first-order valence-electron chi connectivity index (χ1n) is 16.5. The van der Waals surface area contributed by atoms with Crippen molar-refractivity contribution in [2.45, 2.75) is 58.3 Å². The zero-order valence-corrected chi connectivity index (χ0v) is 27.9. The molecule has 3 atom stereocenters. The van der Waals surface area contributed by atoms with Gasteiger partial charge in [0.1, 0.15) is 30.5 Å². The highest BCUT2D eigenvalue weighted by Gasteiger charge is 2.31. The van der Waals surface area contributed by atoms with Gasteiger partial charge in [0.2, 0.25) is 23.6 Å². The summed E-state index contributed by atoms with van der Waals surface area (Å²) in [6.45, 7) is 6.50. The second-order valence-corrected chi connectivity index (χ2v) is 12.7. The van der Waals surface area contributed by atoms with E-state index in [1.54, 1.807) is 9.80 Å². The number of nitrogens with zero attached hydrogens (tertiary/aromatic N) is 3. The zero-order valence-electron chi connectivity index (χ0n) is 27.9. The number of amides is 5. The van der Waals surface area contributed by atoms with Gasteiger partial charge in [-0.05, 0) is 37.0 Å². The summed E-state index contributed by atoms with van der Waals surface area (Å²) >= 11 is 0. The number of para-hydroxylation sites is 2. The van der Waals surface area contributed by atoms with Crippen LogP contribution in [0.4, 0.5) is 5.69 Å². The zero-order chi connectivity index (χ0) is 34.9. The Kier molecular flexibility index (Phi) is 11.6. The molecule has 0 aliphatic carbocycles. The Balaban J connectivity index is 1.40. The number of hydrogen-bond donors (Lipinski definition) is 4. The van der Waals surface area contributed by atoms with Crippen LogP contribution in [0.3, 0.4) is 0 Å². The van der Waals surface area contributed by atoms with Gasteiger partial charge in [0.15, 0.2) is 11.5 Å². The van der Waals surface area contributed by atoms with Crippen LogP contribution < -0.4 is 30.9 Å². The Morgan fingerprint density at radius 3 is 2.43 bits per heavy atom. The summed E-state index contributed by atoms with van der Waals surface area (Å²) in [4.78, 5) is 70.6. The van der Waals surface area contributed by atoms with E-state index in [2.05, 4.69) is 26.4 Å². The fourth-order valence-corrected chi connectivity index (χ4v) is 5.76. The van der Waals surface area contributed by atoms with E-state index in [1.807, 2.05) is 68.4 Å². The van der Waals surface area contributed by atoms with Gasteiger partial charge in [-0.3, -0.25) is 28.9 Å². The number of carbonyl (C=O) groups is 5. The number of carbonyl (C=O) groups excluding carboxylic acids is 5. The van der Waals surface area contributed by atoms with E-state index in [4.69, 9.17) is 9.26 Å². The van der Waals surface area contributed by atoms with Crippen molar-refractivity contribution in [1.82, 2.24) is 31.3 Å². The molecule has 3 heterocycles. The van der Waals surface area contributed by atoms with Crippen molar-refractivity contribution in [3.05, 3.63) is 77.7 Å². The van der Waals surface area contributed by atoms with Gasteiger partial charge in [0.25, 0.3) is 5.91 Å². The van der Waals surface area contributed by atoms with Crippen molar-refractivity contribution in [3.8, 4) is 5.75 Å². The molecular weight excluding hydrogens is 630 g/mol. The Labute approximate surface area is 284 Å². The fourth-order valence-electron chi connectivity index (χ4n) is 5.76. The summed E-state index contributed by atoms with van der Waals surface area (Å²) in [5.74, 6) is -1.36. The lowest BCUT2D eigenvalue weighted by atomic mass is 10.0. The molecule has 0 saturated heterocycles. The average Bonchev–Trinajstić information content (AvgIpc) is 3.55. The van der Waals surface area contributed by atoms with E-state index >= 15 is 0 Å². The van der Waals surface area contributed by atoms with Crippen LogP contribution in [0.5, 0.6) is 5.75 Å². The largest absolute Gasteiger partial charge is 0.490 e. The Morgan fingerprint density at radius 2 is 1.65 bits per heavy atom. The first-order chi connectivity index (χ1) is 23.6. The monoisotopic (exact) mass is 673 g/mol. The Morgan fingerprint density at radius 1 is 0.918 bits per heavy atom. The molecule has 0 radical (unpaired) electrons. The maximum atomic E-state index is 13.7. The molecule has 2 aliphatic heterocycles. The third kappa shape index (κ3) is 9.44. The molecular formula is C35H43N7O7. The molecule has 1 aromatic heterocycles. The van der Waals surface area contributed by atoms with Crippen LogP contribution in [0.25, 0.3) is 0 Å². The first kappa shape index (κ1) is 35.1. The smallest absolute Gasteiger partial charge is 0.274 e. The molecule has 5 amide bonds. The van der Waals surface area contributed by atoms with Gasteiger partial charge in [-0.1, -0.05) is 61.5 Å². The summed E-state index contributed by atoms with van der Waals surface area (Å²) in [5.41, 5.74) is 1.46. The number of benzene rings is 2. The van der Waals surface area contributed by atoms with Crippen LogP contribution in [0.1, 0.15) is 49.0 Å². The molecule has 2 bridgehead atoms. The minimum Gasteiger partial charge on any atom is -0.490 e. The Hall–Kier alpha value is -5.24. The van der Waals surface area contributed by atoms with Crippen molar-refractivity contribution in [3.63, 3.8) is 0 Å². The molecule has 260 valence electrons. The fraction of sp³-hybridized carbons (Fsp3) is 0.429. The molecule has 4 N–H and O–H groups in total. The number of fused-ring (bicyclic) bond motifs is 3. The molecule has 0 fully saturated rings. The average molecular weight is 674 g/mol. The van der Waals surface area contributed by atoms with Crippen LogP contribution in [-0.4, -0.2) is 90.5 Å². The van der Waals surface area contributed by atoms with Crippen LogP contribution in [0.2, 0.25) is 0 Å². The van der Waals surface area contributed by atoms with Gasteiger partial charge in [0, 0.05) is 25.6 Å². The van der Waals surface area contributed by atoms with E-state index in [9.17, 15) is 24.0 Å². The molecule has 5 rings (SSSR count). The normalized spacial score (nSPS) is 21.3. The van der Waals surface area contributed by atoms with Gasteiger partial charge in [-0.2, -0.15) is 0 Å². The van der Waals surface area contributed by atoms with Crippen molar-refractivity contribution in [2.75, 3.05) is 37.7 Å². The molecule has 14 nitrogen and oxygen atoms in total. The first-order valence-corrected chi connectivity index (χ1v) is 16.5. The Bertz CT molecular complexity index is 1640. The van der Waals surface area contributed by atoms with E-state index in [-0.39, 0.29) is 50.1 Å². The summed E-state index contributed by atoms with van der Waals surface area (Å²) in [7, 11) is 0. The molecule has 2 aliphatic rings. The molecule has 0 spiro atoms. The number of anilines is 1. The molecule has 49 heavy (non-hydrogen) atoms. The number of ether oxygens (including phenoxy) is 1. The SMILES string of the molecule is CC(C)C[C@H]1NC(=O)[C@@H](C)NC(=O)c2cc(on2)CN(CC(=O)N2CCOc3ccccc32)CCNC(=O)[C@@H](Cc2ccccc2)NC1=O. The van der Waals surface area contributed by atoms with Crippen LogP contribution >= 0.6 is 0 Å².